The lowest BCUT2D eigenvalue weighted by atomic mass is 10.3. The van der Waals surface area contributed by atoms with Crippen LogP contribution in [0.2, 0.25) is 0 Å². The number of hydrogen-bond donors (Lipinski definition) is 1. The van der Waals surface area contributed by atoms with E-state index in [4.69, 9.17) is 10.5 Å². The molecule has 1 rings (SSSR count). The normalized spacial score (nSPS) is 11.2. The SMILES string of the molecule is NCCOc1cccc(OCC(F)(F)F)c1. The third-order valence-electron chi connectivity index (χ3n) is 1.59. The highest BCUT2D eigenvalue weighted by Gasteiger charge is 2.28. The summed E-state index contributed by atoms with van der Waals surface area (Å²) in [5.41, 5.74) is 5.23. The Morgan fingerprint density at radius 3 is 2.31 bits per heavy atom. The molecule has 0 saturated heterocycles. The number of ether oxygens (including phenoxy) is 2. The molecule has 0 amide bonds. The fraction of sp³-hybridized carbons (Fsp3) is 0.400. The first-order valence-corrected chi connectivity index (χ1v) is 4.64. The molecule has 2 N–H and O–H groups in total. The molecule has 0 bridgehead atoms. The van der Waals surface area contributed by atoms with Gasteiger partial charge in [-0.05, 0) is 12.1 Å². The molecule has 90 valence electrons. The van der Waals surface area contributed by atoms with Crippen molar-refractivity contribution in [2.24, 2.45) is 5.73 Å². The molecule has 0 radical (unpaired) electrons. The summed E-state index contributed by atoms with van der Waals surface area (Å²) in [6.07, 6.45) is -4.34. The summed E-state index contributed by atoms with van der Waals surface area (Å²) in [5, 5.41) is 0. The molecule has 1 aromatic rings. The average molecular weight is 235 g/mol. The van der Waals surface area contributed by atoms with Gasteiger partial charge in [0.25, 0.3) is 0 Å². The van der Waals surface area contributed by atoms with Crippen molar-refractivity contribution >= 4 is 0 Å². The van der Waals surface area contributed by atoms with Crippen molar-refractivity contribution in [2.75, 3.05) is 19.8 Å². The zero-order valence-corrected chi connectivity index (χ0v) is 8.46. The van der Waals surface area contributed by atoms with Crippen LogP contribution in [-0.4, -0.2) is 25.9 Å². The van der Waals surface area contributed by atoms with Crippen molar-refractivity contribution in [3.05, 3.63) is 24.3 Å². The molecule has 0 unspecified atom stereocenters. The highest BCUT2D eigenvalue weighted by atomic mass is 19.4. The highest BCUT2D eigenvalue weighted by Crippen LogP contribution is 2.22. The number of hydrogen-bond acceptors (Lipinski definition) is 3. The van der Waals surface area contributed by atoms with Crippen LogP contribution in [0.15, 0.2) is 24.3 Å². The van der Waals surface area contributed by atoms with E-state index in [0.717, 1.165) is 0 Å². The summed E-state index contributed by atoms with van der Waals surface area (Å²) in [7, 11) is 0. The molecule has 0 aliphatic rings. The van der Waals surface area contributed by atoms with E-state index in [0.29, 0.717) is 18.9 Å². The molecule has 0 aliphatic carbocycles. The highest BCUT2D eigenvalue weighted by molar-refractivity contribution is 5.32. The molecule has 16 heavy (non-hydrogen) atoms. The van der Waals surface area contributed by atoms with Crippen LogP contribution >= 0.6 is 0 Å². The fourth-order valence-electron chi connectivity index (χ4n) is 0.996. The Bertz CT molecular complexity index is 328. The van der Waals surface area contributed by atoms with Crippen molar-refractivity contribution in [3.8, 4) is 11.5 Å². The first-order valence-electron chi connectivity index (χ1n) is 4.64. The minimum atomic E-state index is -4.34. The Labute approximate surface area is 91.0 Å². The number of nitrogens with two attached hydrogens (primary N) is 1. The van der Waals surface area contributed by atoms with Gasteiger partial charge in [-0.15, -0.1) is 0 Å². The van der Waals surface area contributed by atoms with E-state index >= 15 is 0 Å². The summed E-state index contributed by atoms with van der Waals surface area (Å²) in [6, 6.07) is 6.00. The number of halogens is 3. The monoisotopic (exact) mass is 235 g/mol. The van der Waals surface area contributed by atoms with Gasteiger partial charge in [-0.2, -0.15) is 13.2 Å². The lowest BCUT2D eigenvalue weighted by Crippen LogP contribution is -2.19. The summed E-state index contributed by atoms with van der Waals surface area (Å²) in [4.78, 5) is 0. The molecule has 1 aromatic carbocycles. The number of alkyl halides is 3. The van der Waals surface area contributed by atoms with Gasteiger partial charge in [0, 0.05) is 12.6 Å². The first kappa shape index (κ1) is 12.6. The van der Waals surface area contributed by atoms with Crippen LogP contribution in [0.1, 0.15) is 0 Å². The van der Waals surface area contributed by atoms with E-state index in [-0.39, 0.29) is 5.75 Å². The van der Waals surface area contributed by atoms with Gasteiger partial charge >= 0.3 is 6.18 Å². The second-order valence-electron chi connectivity index (χ2n) is 3.02. The number of rotatable bonds is 5. The molecule has 0 aliphatic heterocycles. The molecule has 0 heterocycles. The van der Waals surface area contributed by atoms with Crippen molar-refractivity contribution in [2.45, 2.75) is 6.18 Å². The Balaban J connectivity index is 2.53. The minimum Gasteiger partial charge on any atom is -0.492 e. The van der Waals surface area contributed by atoms with Crippen LogP contribution in [0.4, 0.5) is 13.2 Å². The van der Waals surface area contributed by atoms with Gasteiger partial charge < -0.3 is 15.2 Å². The Morgan fingerprint density at radius 2 is 1.75 bits per heavy atom. The molecule has 0 aromatic heterocycles. The van der Waals surface area contributed by atoms with Crippen LogP contribution in [0, 0.1) is 0 Å². The Morgan fingerprint density at radius 1 is 1.12 bits per heavy atom. The summed E-state index contributed by atoms with van der Waals surface area (Å²) in [6.45, 7) is -0.663. The van der Waals surface area contributed by atoms with E-state index < -0.39 is 12.8 Å². The second-order valence-corrected chi connectivity index (χ2v) is 3.02. The van der Waals surface area contributed by atoms with Gasteiger partial charge in [-0.25, -0.2) is 0 Å². The van der Waals surface area contributed by atoms with E-state index in [1.165, 1.54) is 12.1 Å². The minimum absolute atomic E-state index is 0.117. The standard InChI is InChI=1S/C10H12F3NO2/c11-10(12,13)7-16-9-3-1-2-8(6-9)15-5-4-14/h1-3,6H,4-5,7,14H2. The topological polar surface area (TPSA) is 44.5 Å². The molecule has 0 saturated carbocycles. The van der Waals surface area contributed by atoms with Gasteiger partial charge in [0.1, 0.15) is 18.1 Å². The van der Waals surface area contributed by atoms with Crippen LogP contribution in [0.25, 0.3) is 0 Å². The summed E-state index contributed by atoms with van der Waals surface area (Å²) < 4.78 is 45.3. The van der Waals surface area contributed by atoms with Gasteiger partial charge in [-0.3, -0.25) is 0 Å². The van der Waals surface area contributed by atoms with Crippen molar-refractivity contribution in [1.82, 2.24) is 0 Å². The predicted molar refractivity (Wildman–Crippen MR) is 52.5 cm³/mol. The first-order chi connectivity index (χ1) is 7.51. The lowest BCUT2D eigenvalue weighted by molar-refractivity contribution is -0.153. The third kappa shape index (κ3) is 4.88. The number of benzene rings is 1. The predicted octanol–water partition coefficient (Wildman–Crippen LogP) is 1.97. The maximum absolute atomic E-state index is 11.9. The van der Waals surface area contributed by atoms with Crippen molar-refractivity contribution in [3.63, 3.8) is 0 Å². The van der Waals surface area contributed by atoms with Gasteiger partial charge in [0.15, 0.2) is 6.61 Å². The molecule has 3 nitrogen and oxygen atoms in total. The molecule has 0 atom stereocenters. The summed E-state index contributed by atoms with van der Waals surface area (Å²) >= 11 is 0. The maximum Gasteiger partial charge on any atom is 0.422 e. The molecular formula is C10H12F3NO2. The second kappa shape index (κ2) is 5.60. The van der Waals surface area contributed by atoms with Crippen LogP contribution in [0.5, 0.6) is 11.5 Å². The fourth-order valence-corrected chi connectivity index (χ4v) is 0.996. The Kier molecular flexibility index (Phi) is 4.42. The van der Waals surface area contributed by atoms with E-state index in [1.807, 2.05) is 0 Å². The van der Waals surface area contributed by atoms with Crippen LogP contribution < -0.4 is 15.2 Å². The lowest BCUT2D eigenvalue weighted by Gasteiger charge is -2.10. The third-order valence-corrected chi connectivity index (χ3v) is 1.59. The van der Waals surface area contributed by atoms with Gasteiger partial charge in [0.05, 0.1) is 0 Å². The van der Waals surface area contributed by atoms with Crippen LogP contribution in [-0.2, 0) is 0 Å². The van der Waals surface area contributed by atoms with Gasteiger partial charge in [0.2, 0.25) is 0 Å². The zero-order chi connectivity index (χ0) is 12.0. The molecule has 0 spiro atoms. The van der Waals surface area contributed by atoms with Crippen molar-refractivity contribution < 1.29 is 22.6 Å². The largest absolute Gasteiger partial charge is 0.492 e. The smallest absolute Gasteiger partial charge is 0.422 e. The van der Waals surface area contributed by atoms with Crippen LogP contribution in [0.3, 0.4) is 0 Å². The zero-order valence-electron chi connectivity index (χ0n) is 8.46. The van der Waals surface area contributed by atoms with E-state index in [9.17, 15) is 13.2 Å². The van der Waals surface area contributed by atoms with Gasteiger partial charge in [-0.1, -0.05) is 6.07 Å². The average Bonchev–Trinajstić information content (AvgIpc) is 2.23. The summed E-state index contributed by atoms with van der Waals surface area (Å²) in [5.74, 6) is 0.553. The molecular weight excluding hydrogens is 223 g/mol. The Hall–Kier alpha value is -1.43. The molecule has 0 fully saturated rings. The maximum atomic E-state index is 11.9. The quantitative estimate of drug-likeness (QED) is 0.848. The van der Waals surface area contributed by atoms with E-state index in [2.05, 4.69) is 4.74 Å². The van der Waals surface area contributed by atoms with Crippen molar-refractivity contribution in [1.29, 1.82) is 0 Å². The molecule has 6 heteroatoms. The van der Waals surface area contributed by atoms with E-state index in [1.54, 1.807) is 12.1 Å².